The number of hydrogen-bond donors (Lipinski definition) is 1. The summed E-state index contributed by atoms with van der Waals surface area (Å²) < 4.78 is 0. The maximum absolute atomic E-state index is 6.05. The fourth-order valence-corrected chi connectivity index (χ4v) is 1.93. The van der Waals surface area contributed by atoms with Crippen LogP contribution in [0.4, 0.5) is 0 Å². The van der Waals surface area contributed by atoms with Gasteiger partial charge in [-0.3, -0.25) is 0 Å². The first kappa shape index (κ1) is 10.2. The molecule has 0 unspecified atom stereocenters. The molecule has 0 saturated carbocycles. The summed E-state index contributed by atoms with van der Waals surface area (Å²) in [5.41, 5.74) is 2.44. The number of H-pyrrole nitrogens is 1. The molecular weight excluding hydrogens is 236 g/mol. The zero-order chi connectivity index (χ0) is 11.7. The molecule has 0 fully saturated rings. The van der Waals surface area contributed by atoms with E-state index < -0.39 is 0 Å². The quantitative estimate of drug-likeness (QED) is 0.705. The highest BCUT2D eigenvalue weighted by Crippen LogP contribution is 2.17. The third kappa shape index (κ3) is 1.99. The molecule has 0 spiro atoms. The van der Waals surface area contributed by atoms with Crippen molar-refractivity contribution >= 4 is 22.8 Å². The minimum Gasteiger partial charge on any atom is -0.341 e. The van der Waals surface area contributed by atoms with Gasteiger partial charge in [-0.25, -0.2) is 15.0 Å². The van der Waals surface area contributed by atoms with Gasteiger partial charge in [0.25, 0.3) is 0 Å². The highest BCUT2D eigenvalue weighted by Gasteiger charge is 2.08. The van der Waals surface area contributed by atoms with Crippen LogP contribution in [0, 0.1) is 0 Å². The van der Waals surface area contributed by atoms with Crippen LogP contribution >= 0.6 is 11.6 Å². The van der Waals surface area contributed by atoms with E-state index in [-0.39, 0.29) is 0 Å². The Morgan fingerprint density at radius 1 is 1.12 bits per heavy atom. The standard InChI is InChI=1S/C12H9ClN4/c13-11-10-12(15-7-14-10)17-9(16-11)6-8-4-2-1-3-5-8/h1-5,7H,6H2,(H,14,15,16,17). The van der Waals surface area contributed by atoms with E-state index in [0.29, 0.717) is 28.6 Å². The number of hydrogen-bond acceptors (Lipinski definition) is 3. The lowest BCUT2D eigenvalue weighted by atomic mass is 10.1. The Morgan fingerprint density at radius 3 is 2.76 bits per heavy atom. The number of aromatic amines is 1. The van der Waals surface area contributed by atoms with Crippen LogP contribution in [-0.4, -0.2) is 19.9 Å². The van der Waals surface area contributed by atoms with E-state index in [2.05, 4.69) is 19.9 Å². The van der Waals surface area contributed by atoms with Crippen LogP contribution in [0.15, 0.2) is 36.7 Å². The summed E-state index contributed by atoms with van der Waals surface area (Å²) in [6.07, 6.45) is 2.22. The van der Waals surface area contributed by atoms with Crippen molar-refractivity contribution < 1.29 is 0 Å². The highest BCUT2D eigenvalue weighted by molar-refractivity contribution is 6.33. The molecule has 0 aliphatic heterocycles. The first-order valence-corrected chi connectivity index (χ1v) is 5.60. The van der Waals surface area contributed by atoms with Gasteiger partial charge in [-0.15, -0.1) is 0 Å². The Bertz CT molecular complexity index is 648. The fraction of sp³-hybridized carbons (Fsp3) is 0.0833. The largest absolute Gasteiger partial charge is 0.341 e. The van der Waals surface area contributed by atoms with E-state index in [1.165, 1.54) is 0 Å². The monoisotopic (exact) mass is 244 g/mol. The van der Waals surface area contributed by atoms with E-state index in [4.69, 9.17) is 11.6 Å². The van der Waals surface area contributed by atoms with Gasteiger partial charge in [0.1, 0.15) is 11.3 Å². The van der Waals surface area contributed by atoms with Crippen molar-refractivity contribution in [2.45, 2.75) is 6.42 Å². The summed E-state index contributed by atoms with van der Waals surface area (Å²) in [4.78, 5) is 15.6. The second kappa shape index (κ2) is 4.14. The maximum atomic E-state index is 6.05. The molecule has 4 nitrogen and oxygen atoms in total. The van der Waals surface area contributed by atoms with E-state index in [0.717, 1.165) is 5.56 Å². The minimum absolute atomic E-state index is 0.415. The Kier molecular flexibility index (Phi) is 2.49. The molecule has 1 N–H and O–H groups in total. The van der Waals surface area contributed by atoms with Gasteiger partial charge < -0.3 is 4.98 Å². The first-order valence-electron chi connectivity index (χ1n) is 5.22. The van der Waals surface area contributed by atoms with E-state index in [9.17, 15) is 0 Å². The lowest BCUT2D eigenvalue weighted by Crippen LogP contribution is -1.97. The molecule has 0 saturated heterocycles. The number of benzene rings is 1. The van der Waals surface area contributed by atoms with Gasteiger partial charge in [-0.05, 0) is 5.56 Å². The third-order valence-corrected chi connectivity index (χ3v) is 2.77. The maximum Gasteiger partial charge on any atom is 0.182 e. The second-order valence-electron chi connectivity index (χ2n) is 3.69. The topological polar surface area (TPSA) is 54.5 Å². The van der Waals surface area contributed by atoms with Crippen molar-refractivity contribution in [1.29, 1.82) is 0 Å². The molecule has 0 aliphatic rings. The molecule has 0 radical (unpaired) electrons. The molecule has 3 rings (SSSR count). The number of halogens is 1. The van der Waals surface area contributed by atoms with Crippen LogP contribution in [0.3, 0.4) is 0 Å². The van der Waals surface area contributed by atoms with Crippen molar-refractivity contribution in [2.75, 3.05) is 0 Å². The molecule has 84 valence electrons. The van der Waals surface area contributed by atoms with E-state index in [1.54, 1.807) is 6.33 Å². The molecule has 0 aliphatic carbocycles. The predicted molar refractivity (Wildman–Crippen MR) is 65.9 cm³/mol. The van der Waals surface area contributed by atoms with Crippen LogP contribution in [-0.2, 0) is 6.42 Å². The molecule has 2 aromatic heterocycles. The van der Waals surface area contributed by atoms with Gasteiger partial charge >= 0.3 is 0 Å². The zero-order valence-electron chi connectivity index (χ0n) is 8.89. The summed E-state index contributed by atoms with van der Waals surface area (Å²) in [6.45, 7) is 0. The van der Waals surface area contributed by atoms with Crippen molar-refractivity contribution in [3.63, 3.8) is 0 Å². The lowest BCUT2D eigenvalue weighted by molar-refractivity contribution is 0.986. The Morgan fingerprint density at radius 2 is 1.94 bits per heavy atom. The summed E-state index contributed by atoms with van der Waals surface area (Å²) in [7, 11) is 0. The Hall–Kier alpha value is -1.94. The summed E-state index contributed by atoms with van der Waals surface area (Å²) in [5.74, 6) is 0.681. The predicted octanol–water partition coefficient (Wildman–Crippen LogP) is 2.60. The van der Waals surface area contributed by atoms with Crippen LogP contribution in [0.2, 0.25) is 5.15 Å². The number of fused-ring (bicyclic) bond motifs is 1. The molecule has 2 heterocycles. The van der Waals surface area contributed by atoms with Crippen molar-refractivity contribution in [2.24, 2.45) is 0 Å². The Balaban J connectivity index is 2.01. The van der Waals surface area contributed by atoms with Crippen molar-refractivity contribution in [3.05, 3.63) is 53.2 Å². The number of nitrogens with one attached hydrogen (secondary N) is 1. The SMILES string of the molecule is Clc1nc(Cc2ccccc2)nc2nc[nH]c12. The molecule has 0 amide bonds. The average molecular weight is 245 g/mol. The zero-order valence-corrected chi connectivity index (χ0v) is 9.65. The molecule has 0 bridgehead atoms. The average Bonchev–Trinajstić information content (AvgIpc) is 2.79. The minimum atomic E-state index is 0.415. The lowest BCUT2D eigenvalue weighted by Gasteiger charge is -2.01. The normalized spacial score (nSPS) is 10.9. The second-order valence-corrected chi connectivity index (χ2v) is 4.05. The van der Waals surface area contributed by atoms with Crippen LogP contribution in [0.1, 0.15) is 11.4 Å². The molecule has 17 heavy (non-hydrogen) atoms. The van der Waals surface area contributed by atoms with Gasteiger partial charge in [0.2, 0.25) is 0 Å². The number of rotatable bonds is 2. The molecule has 0 atom stereocenters. The van der Waals surface area contributed by atoms with Gasteiger partial charge in [0.05, 0.1) is 6.33 Å². The summed E-state index contributed by atoms with van der Waals surface area (Å²) in [5, 5.41) is 0.415. The van der Waals surface area contributed by atoms with Crippen LogP contribution in [0.5, 0.6) is 0 Å². The highest BCUT2D eigenvalue weighted by atomic mass is 35.5. The van der Waals surface area contributed by atoms with Gasteiger partial charge in [0, 0.05) is 6.42 Å². The molecule has 3 aromatic rings. The number of aromatic nitrogens is 4. The van der Waals surface area contributed by atoms with Gasteiger partial charge in [-0.2, -0.15) is 0 Å². The Labute approximate surface area is 103 Å². The van der Waals surface area contributed by atoms with E-state index in [1.807, 2.05) is 30.3 Å². The van der Waals surface area contributed by atoms with Crippen molar-refractivity contribution in [3.8, 4) is 0 Å². The number of imidazole rings is 1. The smallest absolute Gasteiger partial charge is 0.182 e. The molecule has 1 aromatic carbocycles. The van der Waals surface area contributed by atoms with Crippen LogP contribution in [0.25, 0.3) is 11.2 Å². The third-order valence-electron chi connectivity index (χ3n) is 2.49. The first-order chi connectivity index (χ1) is 8.33. The molecule has 5 heteroatoms. The van der Waals surface area contributed by atoms with E-state index >= 15 is 0 Å². The fourth-order valence-electron chi connectivity index (χ4n) is 1.70. The van der Waals surface area contributed by atoms with Crippen LogP contribution < -0.4 is 0 Å². The number of nitrogens with zero attached hydrogens (tertiary/aromatic N) is 3. The summed E-state index contributed by atoms with van der Waals surface area (Å²) >= 11 is 6.05. The summed E-state index contributed by atoms with van der Waals surface area (Å²) in [6, 6.07) is 10.0. The van der Waals surface area contributed by atoms with Gasteiger partial charge in [0.15, 0.2) is 10.8 Å². The van der Waals surface area contributed by atoms with Crippen molar-refractivity contribution in [1.82, 2.24) is 19.9 Å². The van der Waals surface area contributed by atoms with Gasteiger partial charge in [-0.1, -0.05) is 41.9 Å². The molecular formula is C12H9ClN4.